The maximum absolute atomic E-state index is 12.9. The van der Waals surface area contributed by atoms with Crippen LogP contribution >= 0.6 is 0 Å². The van der Waals surface area contributed by atoms with E-state index in [2.05, 4.69) is 10.6 Å². The molecule has 3 amide bonds. The largest absolute Gasteiger partial charge is 0.465 e. The lowest BCUT2D eigenvalue weighted by atomic mass is 10.1. The van der Waals surface area contributed by atoms with Gasteiger partial charge < -0.3 is 20.0 Å². The van der Waals surface area contributed by atoms with E-state index >= 15 is 0 Å². The lowest BCUT2D eigenvalue weighted by Crippen LogP contribution is -2.34. The molecular formula is C26H25N3O4. The number of nitrogens with zero attached hydrogens (tertiary/aromatic N) is 1. The SMILES string of the molecule is O=C(NCc1cccc(CN2CCCC2=O)c1)C(=Cc1ccco1)NC(=O)c1ccccc1. The van der Waals surface area contributed by atoms with Crippen LogP contribution in [0.3, 0.4) is 0 Å². The molecule has 0 bridgehead atoms. The Kier molecular flexibility index (Phi) is 6.99. The fraction of sp³-hybridized carbons (Fsp3) is 0.192. The van der Waals surface area contributed by atoms with E-state index in [-0.39, 0.29) is 24.1 Å². The van der Waals surface area contributed by atoms with Crippen LogP contribution in [0, 0.1) is 0 Å². The lowest BCUT2D eigenvalue weighted by molar-refractivity contribution is -0.128. The summed E-state index contributed by atoms with van der Waals surface area (Å²) in [7, 11) is 0. The summed E-state index contributed by atoms with van der Waals surface area (Å²) in [5, 5.41) is 5.53. The van der Waals surface area contributed by atoms with Gasteiger partial charge in [0.2, 0.25) is 5.91 Å². The summed E-state index contributed by atoms with van der Waals surface area (Å²) in [6, 6.07) is 19.9. The minimum Gasteiger partial charge on any atom is -0.465 e. The van der Waals surface area contributed by atoms with Gasteiger partial charge in [-0.2, -0.15) is 0 Å². The van der Waals surface area contributed by atoms with Crippen molar-refractivity contribution in [1.29, 1.82) is 0 Å². The van der Waals surface area contributed by atoms with E-state index in [0.29, 0.717) is 24.3 Å². The van der Waals surface area contributed by atoms with Gasteiger partial charge in [-0.05, 0) is 41.8 Å². The van der Waals surface area contributed by atoms with Gasteiger partial charge >= 0.3 is 0 Å². The third-order valence-corrected chi connectivity index (χ3v) is 5.35. The first kappa shape index (κ1) is 22.1. The smallest absolute Gasteiger partial charge is 0.268 e. The third-order valence-electron chi connectivity index (χ3n) is 5.35. The first-order valence-corrected chi connectivity index (χ1v) is 10.8. The van der Waals surface area contributed by atoms with Crippen molar-refractivity contribution in [2.45, 2.75) is 25.9 Å². The van der Waals surface area contributed by atoms with E-state index in [4.69, 9.17) is 4.42 Å². The molecule has 1 aromatic heterocycles. The number of furan rings is 1. The molecule has 0 atom stereocenters. The highest BCUT2D eigenvalue weighted by molar-refractivity contribution is 6.05. The second kappa shape index (κ2) is 10.5. The summed E-state index contributed by atoms with van der Waals surface area (Å²) >= 11 is 0. The molecule has 1 fully saturated rings. The highest BCUT2D eigenvalue weighted by atomic mass is 16.3. The Morgan fingerprint density at radius 1 is 1.00 bits per heavy atom. The molecular weight excluding hydrogens is 418 g/mol. The zero-order valence-electron chi connectivity index (χ0n) is 18.1. The second-order valence-electron chi connectivity index (χ2n) is 7.82. The fourth-order valence-electron chi connectivity index (χ4n) is 3.67. The van der Waals surface area contributed by atoms with Crippen LogP contribution in [0.4, 0.5) is 0 Å². The first-order chi connectivity index (χ1) is 16.1. The van der Waals surface area contributed by atoms with Crippen LogP contribution in [0.25, 0.3) is 6.08 Å². The van der Waals surface area contributed by atoms with Gasteiger partial charge in [-0.15, -0.1) is 0 Å². The zero-order valence-corrected chi connectivity index (χ0v) is 18.1. The molecule has 7 nitrogen and oxygen atoms in total. The number of rotatable bonds is 8. The molecule has 2 heterocycles. The maximum Gasteiger partial charge on any atom is 0.268 e. The van der Waals surface area contributed by atoms with Crippen LogP contribution in [0.15, 0.2) is 83.1 Å². The predicted octanol–water partition coefficient (Wildman–Crippen LogP) is 3.49. The Morgan fingerprint density at radius 3 is 2.55 bits per heavy atom. The highest BCUT2D eigenvalue weighted by Gasteiger charge is 2.20. The van der Waals surface area contributed by atoms with Gasteiger partial charge in [0.25, 0.3) is 11.8 Å². The number of likely N-dealkylation sites (tertiary alicyclic amines) is 1. The van der Waals surface area contributed by atoms with Crippen molar-refractivity contribution in [3.63, 3.8) is 0 Å². The summed E-state index contributed by atoms with van der Waals surface area (Å²) < 4.78 is 5.31. The molecule has 0 aliphatic carbocycles. The molecule has 0 saturated carbocycles. The number of nitrogens with one attached hydrogen (secondary N) is 2. The van der Waals surface area contributed by atoms with Crippen molar-refractivity contribution < 1.29 is 18.8 Å². The van der Waals surface area contributed by atoms with Crippen LogP contribution < -0.4 is 10.6 Å². The van der Waals surface area contributed by atoms with Gasteiger partial charge in [-0.1, -0.05) is 42.5 Å². The highest BCUT2D eigenvalue weighted by Crippen LogP contribution is 2.15. The van der Waals surface area contributed by atoms with E-state index in [1.165, 1.54) is 12.3 Å². The van der Waals surface area contributed by atoms with Crippen molar-refractivity contribution in [2.24, 2.45) is 0 Å². The molecule has 4 rings (SSSR count). The minimum absolute atomic E-state index is 0.0811. The molecule has 2 N–H and O–H groups in total. The fourth-order valence-corrected chi connectivity index (χ4v) is 3.67. The van der Waals surface area contributed by atoms with E-state index in [1.807, 2.05) is 35.2 Å². The number of carbonyl (C=O) groups is 3. The van der Waals surface area contributed by atoms with E-state index < -0.39 is 5.91 Å². The molecule has 0 unspecified atom stereocenters. The van der Waals surface area contributed by atoms with Crippen LogP contribution in [0.5, 0.6) is 0 Å². The Balaban J connectivity index is 1.43. The number of benzene rings is 2. The summed E-state index contributed by atoms with van der Waals surface area (Å²) in [5.41, 5.74) is 2.44. The normalized spacial score (nSPS) is 13.8. The molecule has 1 saturated heterocycles. The molecule has 0 spiro atoms. The van der Waals surface area contributed by atoms with Crippen molar-refractivity contribution in [3.8, 4) is 0 Å². The Morgan fingerprint density at radius 2 is 1.82 bits per heavy atom. The maximum atomic E-state index is 12.9. The number of amides is 3. The van der Waals surface area contributed by atoms with Gasteiger partial charge in [0.05, 0.1) is 6.26 Å². The Labute approximate surface area is 192 Å². The van der Waals surface area contributed by atoms with Crippen LogP contribution in [-0.4, -0.2) is 29.2 Å². The summed E-state index contributed by atoms with van der Waals surface area (Å²) in [6.45, 7) is 1.62. The monoisotopic (exact) mass is 443 g/mol. The quantitative estimate of drug-likeness (QED) is 0.522. The van der Waals surface area contributed by atoms with Gasteiger partial charge in [0.15, 0.2) is 0 Å². The van der Waals surface area contributed by atoms with Crippen molar-refractivity contribution in [2.75, 3.05) is 6.54 Å². The first-order valence-electron chi connectivity index (χ1n) is 10.8. The molecule has 1 aliphatic rings. The standard InChI is InChI=1S/C26H25N3O4/c30-24-12-5-13-29(24)18-20-8-4-7-19(15-20)17-27-26(32)23(16-22-11-6-14-33-22)28-25(31)21-9-2-1-3-10-21/h1-4,6-11,14-16H,5,12-13,17-18H2,(H,27,32)(H,28,31). The molecule has 7 heteroatoms. The van der Waals surface area contributed by atoms with Crippen molar-refractivity contribution >= 4 is 23.8 Å². The summed E-state index contributed by atoms with van der Waals surface area (Å²) in [5.74, 6) is -0.196. The molecule has 168 valence electrons. The molecule has 3 aromatic rings. The number of hydrogen-bond donors (Lipinski definition) is 2. The summed E-state index contributed by atoms with van der Waals surface area (Å²) in [4.78, 5) is 39.3. The van der Waals surface area contributed by atoms with Gasteiger partial charge in [-0.25, -0.2) is 0 Å². The molecule has 1 aliphatic heterocycles. The van der Waals surface area contributed by atoms with Crippen molar-refractivity contribution in [1.82, 2.24) is 15.5 Å². The van der Waals surface area contributed by atoms with Gasteiger partial charge in [0.1, 0.15) is 11.5 Å². The van der Waals surface area contributed by atoms with E-state index in [0.717, 1.165) is 24.1 Å². The molecule has 2 aromatic carbocycles. The summed E-state index contributed by atoms with van der Waals surface area (Å²) in [6.07, 6.45) is 4.49. The van der Waals surface area contributed by atoms with Crippen LogP contribution in [-0.2, 0) is 22.7 Å². The molecule has 33 heavy (non-hydrogen) atoms. The number of carbonyl (C=O) groups excluding carboxylic acids is 3. The topological polar surface area (TPSA) is 91.7 Å². The Hall–Kier alpha value is -4.13. The predicted molar refractivity (Wildman–Crippen MR) is 124 cm³/mol. The van der Waals surface area contributed by atoms with Crippen LogP contribution in [0.1, 0.15) is 40.1 Å². The second-order valence-corrected chi connectivity index (χ2v) is 7.82. The average Bonchev–Trinajstić information content (AvgIpc) is 3.50. The average molecular weight is 444 g/mol. The van der Waals surface area contributed by atoms with Crippen molar-refractivity contribution in [3.05, 3.63) is 101 Å². The Bertz CT molecular complexity index is 1150. The zero-order chi connectivity index (χ0) is 23.0. The van der Waals surface area contributed by atoms with E-state index in [9.17, 15) is 14.4 Å². The van der Waals surface area contributed by atoms with Crippen LogP contribution in [0.2, 0.25) is 0 Å². The third kappa shape index (κ3) is 5.98. The lowest BCUT2D eigenvalue weighted by Gasteiger charge is -2.16. The minimum atomic E-state index is -0.434. The van der Waals surface area contributed by atoms with E-state index in [1.54, 1.807) is 36.4 Å². The number of hydrogen-bond acceptors (Lipinski definition) is 4. The molecule has 0 radical (unpaired) electrons. The van der Waals surface area contributed by atoms with Gasteiger partial charge in [0, 0.05) is 37.7 Å². The van der Waals surface area contributed by atoms with Gasteiger partial charge in [-0.3, -0.25) is 14.4 Å².